The molecular weight excluding hydrogens is 296 g/mol. The van der Waals surface area contributed by atoms with Crippen molar-refractivity contribution in [2.75, 3.05) is 0 Å². The molecule has 0 spiro atoms. The summed E-state index contributed by atoms with van der Waals surface area (Å²) in [5.41, 5.74) is 4.62. The molecule has 0 heterocycles. The third-order valence-electron chi connectivity index (χ3n) is 3.81. The van der Waals surface area contributed by atoms with Crippen LogP contribution in [-0.2, 0) is 10.1 Å². The van der Waals surface area contributed by atoms with Crippen LogP contribution in [0, 0.1) is 0 Å². The molecule has 0 atom stereocenters. The van der Waals surface area contributed by atoms with Crippen LogP contribution in [-0.4, -0.2) is 13.0 Å². The minimum atomic E-state index is -4.15. The molecule has 0 aliphatic heterocycles. The molecule has 0 unspecified atom stereocenters. The van der Waals surface area contributed by atoms with Crippen LogP contribution in [0.4, 0.5) is 0 Å². The van der Waals surface area contributed by atoms with E-state index in [1.807, 2.05) is 0 Å². The van der Waals surface area contributed by atoms with Gasteiger partial charge in [-0.05, 0) is 46.2 Å². The minimum Gasteiger partial charge on any atom is -0.282 e. The topological polar surface area (TPSA) is 54.4 Å². The Labute approximate surface area is 132 Å². The van der Waals surface area contributed by atoms with Gasteiger partial charge in [0, 0.05) is 0 Å². The van der Waals surface area contributed by atoms with Gasteiger partial charge in [-0.15, -0.1) is 0 Å². The third kappa shape index (κ3) is 3.39. The molecule has 0 fully saturated rings. The summed E-state index contributed by atoms with van der Waals surface area (Å²) in [6, 6.07) is 12.7. The summed E-state index contributed by atoms with van der Waals surface area (Å²) in [5, 5.41) is 0. The fraction of sp³-hybridized carbons (Fsp3) is 0.333. The largest absolute Gasteiger partial charge is 0.294 e. The molecule has 0 amide bonds. The number of hydrogen-bond acceptors (Lipinski definition) is 2. The Balaban J connectivity index is 2.65. The van der Waals surface area contributed by atoms with Crippen molar-refractivity contribution in [3.8, 4) is 11.1 Å². The number of benzene rings is 2. The van der Waals surface area contributed by atoms with Gasteiger partial charge in [0.25, 0.3) is 10.1 Å². The first-order valence-electron chi connectivity index (χ1n) is 7.42. The van der Waals surface area contributed by atoms with Crippen LogP contribution in [0.5, 0.6) is 0 Å². The van der Waals surface area contributed by atoms with Crippen LogP contribution in [0.25, 0.3) is 11.1 Å². The first kappa shape index (κ1) is 16.7. The lowest BCUT2D eigenvalue weighted by atomic mass is 9.85. The minimum absolute atomic E-state index is 0.0793. The molecule has 118 valence electrons. The van der Waals surface area contributed by atoms with E-state index in [1.165, 1.54) is 23.3 Å². The van der Waals surface area contributed by atoms with E-state index in [9.17, 15) is 8.42 Å². The smallest absolute Gasteiger partial charge is 0.282 e. The predicted octanol–water partition coefficient (Wildman–Crippen LogP) is 4.85. The summed E-state index contributed by atoms with van der Waals surface area (Å²) in [4.78, 5) is -0.0793. The SMILES string of the molecule is CC(C)c1cccc(C(C)C)c1-c1ccc(S(=O)(=O)O)cc1. The highest BCUT2D eigenvalue weighted by molar-refractivity contribution is 7.85. The first-order chi connectivity index (χ1) is 10.2. The van der Waals surface area contributed by atoms with Gasteiger partial charge in [0.2, 0.25) is 0 Å². The van der Waals surface area contributed by atoms with E-state index in [0.29, 0.717) is 11.8 Å². The average molecular weight is 318 g/mol. The summed E-state index contributed by atoms with van der Waals surface area (Å²) in [5.74, 6) is 0.741. The van der Waals surface area contributed by atoms with Gasteiger partial charge >= 0.3 is 0 Å². The Morgan fingerprint density at radius 1 is 0.818 bits per heavy atom. The lowest BCUT2D eigenvalue weighted by Crippen LogP contribution is -2.01. The van der Waals surface area contributed by atoms with Crippen molar-refractivity contribution in [1.29, 1.82) is 0 Å². The Kier molecular flexibility index (Phi) is 4.73. The Bertz CT molecular complexity index is 731. The first-order valence-corrected chi connectivity index (χ1v) is 8.86. The van der Waals surface area contributed by atoms with Crippen molar-refractivity contribution < 1.29 is 13.0 Å². The van der Waals surface area contributed by atoms with Crippen molar-refractivity contribution in [2.45, 2.75) is 44.4 Å². The van der Waals surface area contributed by atoms with E-state index in [0.717, 1.165) is 11.1 Å². The summed E-state index contributed by atoms with van der Waals surface area (Å²) in [6.07, 6.45) is 0. The molecule has 2 aromatic rings. The third-order valence-corrected chi connectivity index (χ3v) is 4.68. The van der Waals surface area contributed by atoms with Gasteiger partial charge in [0.1, 0.15) is 0 Å². The Hall–Kier alpha value is -1.65. The van der Waals surface area contributed by atoms with Gasteiger partial charge in [0.15, 0.2) is 0 Å². The highest BCUT2D eigenvalue weighted by Crippen LogP contribution is 2.36. The molecule has 1 N–H and O–H groups in total. The van der Waals surface area contributed by atoms with Gasteiger partial charge < -0.3 is 0 Å². The molecule has 0 aliphatic carbocycles. The van der Waals surface area contributed by atoms with Crippen LogP contribution in [0.3, 0.4) is 0 Å². The Morgan fingerprint density at radius 2 is 1.27 bits per heavy atom. The quantitative estimate of drug-likeness (QED) is 0.820. The summed E-state index contributed by atoms with van der Waals surface area (Å²) >= 11 is 0. The van der Waals surface area contributed by atoms with E-state index >= 15 is 0 Å². The number of rotatable bonds is 4. The van der Waals surface area contributed by atoms with Gasteiger partial charge in [-0.25, -0.2) is 0 Å². The van der Waals surface area contributed by atoms with E-state index < -0.39 is 10.1 Å². The van der Waals surface area contributed by atoms with Crippen molar-refractivity contribution in [3.63, 3.8) is 0 Å². The van der Waals surface area contributed by atoms with Crippen LogP contribution in [0.15, 0.2) is 47.4 Å². The van der Waals surface area contributed by atoms with Crippen LogP contribution >= 0.6 is 0 Å². The molecule has 2 rings (SSSR count). The van der Waals surface area contributed by atoms with Crippen molar-refractivity contribution in [2.24, 2.45) is 0 Å². The zero-order chi connectivity index (χ0) is 16.5. The molecule has 0 aliphatic rings. The fourth-order valence-electron chi connectivity index (χ4n) is 2.68. The molecule has 22 heavy (non-hydrogen) atoms. The average Bonchev–Trinajstić information content (AvgIpc) is 2.45. The number of hydrogen-bond donors (Lipinski definition) is 1. The van der Waals surface area contributed by atoms with Gasteiger partial charge in [0.05, 0.1) is 4.90 Å². The maximum Gasteiger partial charge on any atom is 0.294 e. The predicted molar refractivity (Wildman–Crippen MR) is 89.9 cm³/mol. The molecule has 0 saturated carbocycles. The molecule has 0 radical (unpaired) electrons. The van der Waals surface area contributed by atoms with Gasteiger partial charge in [-0.3, -0.25) is 4.55 Å². The molecule has 4 heteroatoms. The van der Waals surface area contributed by atoms with Crippen molar-refractivity contribution >= 4 is 10.1 Å². The van der Waals surface area contributed by atoms with Crippen LogP contribution in [0.2, 0.25) is 0 Å². The molecule has 2 aromatic carbocycles. The fourth-order valence-corrected chi connectivity index (χ4v) is 3.16. The lowest BCUT2D eigenvalue weighted by Gasteiger charge is -2.20. The summed E-state index contributed by atoms with van der Waals surface area (Å²) < 4.78 is 31.5. The highest BCUT2D eigenvalue weighted by Gasteiger charge is 2.16. The van der Waals surface area contributed by atoms with E-state index in [4.69, 9.17) is 4.55 Å². The summed E-state index contributed by atoms with van der Waals surface area (Å²) in [7, 11) is -4.15. The normalized spacial score (nSPS) is 12.1. The zero-order valence-corrected chi connectivity index (χ0v) is 14.2. The highest BCUT2D eigenvalue weighted by atomic mass is 32.2. The second-order valence-electron chi connectivity index (χ2n) is 6.12. The monoisotopic (exact) mass is 318 g/mol. The molecule has 3 nitrogen and oxygen atoms in total. The van der Waals surface area contributed by atoms with Crippen molar-refractivity contribution in [1.82, 2.24) is 0 Å². The maximum atomic E-state index is 11.2. The summed E-state index contributed by atoms with van der Waals surface area (Å²) in [6.45, 7) is 8.59. The molecule has 0 aromatic heterocycles. The molecule has 0 bridgehead atoms. The van der Waals surface area contributed by atoms with Crippen LogP contribution < -0.4 is 0 Å². The zero-order valence-electron chi connectivity index (χ0n) is 13.4. The second kappa shape index (κ2) is 6.23. The van der Waals surface area contributed by atoms with E-state index in [1.54, 1.807) is 12.1 Å². The second-order valence-corrected chi connectivity index (χ2v) is 7.54. The van der Waals surface area contributed by atoms with E-state index in [2.05, 4.69) is 45.9 Å². The van der Waals surface area contributed by atoms with Crippen molar-refractivity contribution in [3.05, 3.63) is 53.6 Å². The maximum absolute atomic E-state index is 11.2. The molecular formula is C18H22O3S. The van der Waals surface area contributed by atoms with Gasteiger partial charge in [-0.2, -0.15) is 8.42 Å². The lowest BCUT2D eigenvalue weighted by molar-refractivity contribution is 0.483. The molecule has 0 saturated heterocycles. The van der Waals surface area contributed by atoms with Crippen LogP contribution in [0.1, 0.15) is 50.7 Å². The standard InChI is InChI=1S/C18H22O3S/c1-12(2)16-6-5-7-17(13(3)4)18(16)14-8-10-15(11-9-14)22(19,20)21/h5-13H,1-4H3,(H,19,20,21). The Morgan fingerprint density at radius 3 is 1.64 bits per heavy atom. The van der Waals surface area contributed by atoms with E-state index in [-0.39, 0.29) is 4.90 Å². The van der Waals surface area contributed by atoms with Gasteiger partial charge in [-0.1, -0.05) is 58.0 Å².